The van der Waals surface area contributed by atoms with Gasteiger partial charge in [-0.05, 0) is 56.6 Å². The van der Waals surface area contributed by atoms with E-state index in [9.17, 15) is 4.79 Å². The highest BCUT2D eigenvalue weighted by Crippen LogP contribution is 2.21. The van der Waals surface area contributed by atoms with Crippen LogP contribution in [0.15, 0.2) is 42.7 Å². The predicted octanol–water partition coefficient (Wildman–Crippen LogP) is 2.98. The van der Waals surface area contributed by atoms with E-state index in [4.69, 9.17) is 0 Å². The van der Waals surface area contributed by atoms with E-state index in [1.807, 2.05) is 19.2 Å². The summed E-state index contributed by atoms with van der Waals surface area (Å²) in [5.74, 6) is 0.830. The van der Waals surface area contributed by atoms with Gasteiger partial charge in [0.15, 0.2) is 0 Å². The van der Waals surface area contributed by atoms with Crippen LogP contribution in [0.2, 0.25) is 0 Å². The summed E-state index contributed by atoms with van der Waals surface area (Å²) in [5.41, 5.74) is 4.27. The SMILES string of the molecule is Cc1ccc2c(CC(C)NC(=O)c3ccnc(N4CCN(C)CC4)c3)c[nH]c2c1. The Bertz CT molecular complexity index is 1000. The number of nitrogens with one attached hydrogen (secondary N) is 2. The standard InChI is InChI=1S/C23H29N5O/c1-16-4-5-20-19(15-25-21(20)12-16)13-17(2)26-23(29)18-6-7-24-22(14-18)28-10-8-27(3)9-11-28/h4-7,12,14-15,17,25H,8-11,13H2,1-3H3,(H,26,29). The first kappa shape index (κ1) is 19.5. The third-order valence-corrected chi connectivity index (χ3v) is 5.66. The fourth-order valence-corrected chi connectivity index (χ4v) is 3.93. The minimum Gasteiger partial charge on any atom is -0.361 e. The zero-order valence-corrected chi connectivity index (χ0v) is 17.4. The van der Waals surface area contributed by atoms with Gasteiger partial charge in [-0.15, -0.1) is 0 Å². The number of nitrogens with zero attached hydrogens (tertiary/aromatic N) is 3. The van der Waals surface area contributed by atoms with E-state index in [0.717, 1.165) is 43.9 Å². The Morgan fingerprint density at radius 3 is 2.79 bits per heavy atom. The van der Waals surface area contributed by atoms with E-state index in [-0.39, 0.29) is 11.9 Å². The first-order chi connectivity index (χ1) is 14.0. The second-order valence-electron chi connectivity index (χ2n) is 8.13. The molecule has 1 aliphatic rings. The number of likely N-dealkylation sites (N-methyl/N-ethyl adjacent to an activating group) is 1. The summed E-state index contributed by atoms with van der Waals surface area (Å²) < 4.78 is 0. The molecule has 1 fully saturated rings. The number of amides is 1. The number of rotatable bonds is 5. The van der Waals surface area contributed by atoms with E-state index < -0.39 is 0 Å². The molecule has 6 heteroatoms. The lowest BCUT2D eigenvalue weighted by atomic mass is 10.0. The number of aromatic amines is 1. The van der Waals surface area contributed by atoms with Crippen molar-refractivity contribution in [3.05, 3.63) is 59.4 Å². The highest BCUT2D eigenvalue weighted by molar-refractivity contribution is 5.95. The molecule has 0 saturated carbocycles. The number of piperazine rings is 1. The zero-order chi connectivity index (χ0) is 20.4. The van der Waals surface area contributed by atoms with Crippen molar-refractivity contribution in [2.24, 2.45) is 0 Å². The molecule has 6 nitrogen and oxygen atoms in total. The molecule has 0 aliphatic carbocycles. The highest BCUT2D eigenvalue weighted by atomic mass is 16.1. The lowest BCUT2D eigenvalue weighted by Gasteiger charge is -2.33. The normalized spacial score (nSPS) is 16.2. The number of aryl methyl sites for hydroxylation is 1. The van der Waals surface area contributed by atoms with Gasteiger partial charge in [-0.1, -0.05) is 12.1 Å². The molecule has 2 aromatic heterocycles. The Kier molecular flexibility index (Phi) is 5.53. The van der Waals surface area contributed by atoms with Crippen LogP contribution in [0.25, 0.3) is 10.9 Å². The Balaban J connectivity index is 1.41. The Hall–Kier alpha value is -2.86. The molecule has 4 rings (SSSR count). The molecule has 2 N–H and O–H groups in total. The number of fused-ring (bicyclic) bond motifs is 1. The van der Waals surface area contributed by atoms with Crippen LogP contribution in [0.5, 0.6) is 0 Å². The molecule has 1 atom stereocenters. The van der Waals surface area contributed by atoms with Crippen molar-refractivity contribution in [3.8, 4) is 0 Å². The minimum absolute atomic E-state index is 0.0306. The molecule has 1 amide bonds. The number of carbonyl (C=O) groups excluding carboxylic acids is 1. The van der Waals surface area contributed by atoms with Gasteiger partial charge in [0.1, 0.15) is 5.82 Å². The summed E-state index contributed by atoms with van der Waals surface area (Å²) >= 11 is 0. The molecule has 1 aromatic carbocycles. The first-order valence-electron chi connectivity index (χ1n) is 10.3. The molecular weight excluding hydrogens is 362 g/mol. The number of pyridine rings is 1. The highest BCUT2D eigenvalue weighted by Gasteiger charge is 2.18. The van der Waals surface area contributed by atoms with E-state index in [2.05, 4.69) is 57.3 Å². The summed E-state index contributed by atoms with van der Waals surface area (Å²) in [6, 6.07) is 10.1. The van der Waals surface area contributed by atoms with Crippen LogP contribution in [0.1, 0.15) is 28.4 Å². The van der Waals surface area contributed by atoms with Crippen LogP contribution < -0.4 is 10.2 Å². The van der Waals surface area contributed by atoms with Gasteiger partial charge in [0.25, 0.3) is 5.91 Å². The molecule has 152 valence electrons. The number of hydrogen-bond donors (Lipinski definition) is 2. The number of carbonyl (C=O) groups is 1. The van der Waals surface area contributed by atoms with Crippen LogP contribution in [0.4, 0.5) is 5.82 Å². The number of anilines is 1. The maximum atomic E-state index is 12.8. The molecule has 0 spiro atoms. The number of hydrogen-bond acceptors (Lipinski definition) is 4. The minimum atomic E-state index is -0.0500. The summed E-state index contributed by atoms with van der Waals surface area (Å²) in [5, 5.41) is 4.36. The summed E-state index contributed by atoms with van der Waals surface area (Å²) in [7, 11) is 2.13. The van der Waals surface area contributed by atoms with E-state index in [1.165, 1.54) is 16.5 Å². The molecule has 1 aliphatic heterocycles. The second kappa shape index (κ2) is 8.25. The first-order valence-corrected chi connectivity index (χ1v) is 10.3. The smallest absolute Gasteiger partial charge is 0.251 e. The zero-order valence-electron chi connectivity index (χ0n) is 17.4. The summed E-state index contributed by atoms with van der Waals surface area (Å²) in [6.45, 7) is 8.04. The van der Waals surface area contributed by atoms with Crippen LogP contribution in [0, 0.1) is 6.92 Å². The summed E-state index contributed by atoms with van der Waals surface area (Å²) in [6.07, 6.45) is 4.56. The Labute approximate surface area is 171 Å². The largest absolute Gasteiger partial charge is 0.361 e. The van der Waals surface area contributed by atoms with Gasteiger partial charge < -0.3 is 20.1 Å². The fourth-order valence-electron chi connectivity index (χ4n) is 3.93. The Morgan fingerprint density at radius 1 is 1.21 bits per heavy atom. The van der Waals surface area contributed by atoms with Gasteiger partial charge in [-0.3, -0.25) is 4.79 Å². The molecule has 0 radical (unpaired) electrons. The monoisotopic (exact) mass is 391 g/mol. The fraction of sp³-hybridized carbons (Fsp3) is 0.391. The lowest BCUT2D eigenvalue weighted by molar-refractivity contribution is 0.0940. The molecule has 3 aromatic rings. The summed E-state index contributed by atoms with van der Waals surface area (Å²) in [4.78, 5) is 25.2. The van der Waals surface area contributed by atoms with Crippen molar-refractivity contribution in [3.63, 3.8) is 0 Å². The molecule has 1 unspecified atom stereocenters. The van der Waals surface area contributed by atoms with E-state index >= 15 is 0 Å². The number of H-pyrrole nitrogens is 1. The lowest BCUT2D eigenvalue weighted by Crippen LogP contribution is -2.45. The predicted molar refractivity (Wildman–Crippen MR) is 118 cm³/mol. The van der Waals surface area contributed by atoms with Crippen LogP contribution in [-0.4, -0.2) is 60.0 Å². The van der Waals surface area contributed by atoms with Gasteiger partial charge in [0, 0.05) is 61.1 Å². The van der Waals surface area contributed by atoms with Gasteiger partial charge in [0.2, 0.25) is 0 Å². The topological polar surface area (TPSA) is 64.3 Å². The van der Waals surface area contributed by atoms with Crippen molar-refractivity contribution in [1.82, 2.24) is 20.2 Å². The van der Waals surface area contributed by atoms with Crippen LogP contribution >= 0.6 is 0 Å². The van der Waals surface area contributed by atoms with E-state index in [0.29, 0.717) is 5.56 Å². The molecule has 3 heterocycles. The number of benzene rings is 1. The van der Waals surface area contributed by atoms with Crippen molar-refractivity contribution in [2.45, 2.75) is 26.3 Å². The molecular formula is C23H29N5O. The van der Waals surface area contributed by atoms with E-state index in [1.54, 1.807) is 12.3 Å². The third kappa shape index (κ3) is 4.43. The van der Waals surface area contributed by atoms with Gasteiger partial charge in [0.05, 0.1) is 0 Å². The van der Waals surface area contributed by atoms with Crippen molar-refractivity contribution >= 4 is 22.6 Å². The molecule has 1 saturated heterocycles. The Morgan fingerprint density at radius 2 is 2.00 bits per heavy atom. The maximum Gasteiger partial charge on any atom is 0.251 e. The average molecular weight is 392 g/mol. The average Bonchev–Trinajstić information content (AvgIpc) is 3.10. The van der Waals surface area contributed by atoms with Crippen molar-refractivity contribution in [1.29, 1.82) is 0 Å². The molecule has 0 bridgehead atoms. The van der Waals surface area contributed by atoms with Gasteiger partial charge in [-0.25, -0.2) is 4.98 Å². The quantitative estimate of drug-likeness (QED) is 0.702. The van der Waals surface area contributed by atoms with Crippen LogP contribution in [-0.2, 0) is 6.42 Å². The second-order valence-corrected chi connectivity index (χ2v) is 8.13. The van der Waals surface area contributed by atoms with Crippen molar-refractivity contribution in [2.75, 3.05) is 38.1 Å². The van der Waals surface area contributed by atoms with Gasteiger partial charge >= 0.3 is 0 Å². The van der Waals surface area contributed by atoms with Crippen LogP contribution in [0.3, 0.4) is 0 Å². The molecule has 29 heavy (non-hydrogen) atoms. The maximum absolute atomic E-state index is 12.8. The van der Waals surface area contributed by atoms with Gasteiger partial charge in [-0.2, -0.15) is 0 Å². The van der Waals surface area contributed by atoms with Crippen molar-refractivity contribution < 1.29 is 4.79 Å². The third-order valence-electron chi connectivity index (χ3n) is 5.66. The number of aromatic nitrogens is 2.